The zero-order chi connectivity index (χ0) is 22.7. The first-order chi connectivity index (χ1) is 15.4. The smallest absolute Gasteiger partial charge is 0.355 e. The third-order valence-electron chi connectivity index (χ3n) is 4.33. The van der Waals surface area contributed by atoms with Crippen LogP contribution in [0, 0.1) is 0 Å². The summed E-state index contributed by atoms with van der Waals surface area (Å²) in [6.07, 6.45) is 2.21. The van der Waals surface area contributed by atoms with Gasteiger partial charge in [0.2, 0.25) is 0 Å². The number of urea groups is 1. The number of carbonyl (C=O) groups is 1. The Bertz CT molecular complexity index is 1410. The third kappa shape index (κ3) is 4.16. The molecule has 0 spiro atoms. The monoisotopic (exact) mass is 434 g/mol. The molecule has 0 bridgehead atoms. The van der Waals surface area contributed by atoms with E-state index in [1.165, 1.54) is 36.4 Å². The molecule has 0 saturated heterocycles. The van der Waals surface area contributed by atoms with E-state index in [0.717, 1.165) is 12.4 Å². The Hall–Kier alpha value is -4.93. The maximum atomic E-state index is 11.9. The standard InChI is InChI=1S/C21H14N4O7/c26-15-5-1-11-3-7-17(28)31-19(11)13(15)9-22-24-21(30)25-23-10-14-16(27)6-2-12-4-8-18(29)32-20(12)14/h1-10,26-27H,(H2,24,25,30)/b22-9+,23-10+. The number of nitrogens with one attached hydrogen (secondary N) is 2. The van der Waals surface area contributed by atoms with E-state index in [1.54, 1.807) is 12.1 Å². The number of nitrogens with zero attached hydrogens (tertiary/aromatic N) is 2. The van der Waals surface area contributed by atoms with Gasteiger partial charge in [-0.3, -0.25) is 0 Å². The highest BCUT2D eigenvalue weighted by Crippen LogP contribution is 2.25. The number of fused-ring (bicyclic) bond motifs is 2. The minimum atomic E-state index is -0.847. The fourth-order valence-electron chi connectivity index (χ4n) is 2.87. The third-order valence-corrected chi connectivity index (χ3v) is 4.33. The molecule has 2 aromatic carbocycles. The molecule has 0 radical (unpaired) electrons. The molecule has 4 aromatic rings. The average Bonchev–Trinajstić information content (AvgIpc) is 2.77. The van der Waals surface area contributed by atoms with Gasteiger partial charge in [-0.15, -0.1) is 0 Å². The van der Waals surface area contributed by atoms with Crippen LogP contribution in [0.1, 0.15) is 11.1 Å². The Balaban J connectivity index is 1.48. The predicted molar refractivity (Wildman–Crippen MR) is 115 cm³/mol. The van der Waals surface area contributed by atoms with Crippen molar-refractivity contribution in [1.82, 2.24) is 10.9 Å². The summed E-state index contributed by atoms with van der Waals surface area (Å²) >= 11 is 0. The van der Waals surface area contributed by atoms with Crippen molar-refractivity contribution in [2.45, 2.75) is 0 Å². The van der Waals surface area contributed by atoms with Crippen LogP contribution in [0.25, 0.3) is 21.9 Å². The zero-order valence-electron chi connectivity index (χ0n) is 16.1. The Labute approximate surface area is 177 Å². The molecular weight excluding hydrogens is 420 g/mol. The Kier molecular flexibility index (Phi) is 5.36. The average molecular weight is 434 g/mol. The largest absolute Gasteiger partial charge is 0.507 e. The van der Waals surface area contributed by atoms with E-state index in [-0.39, 0.29) is 33.8 Å². The number of carbonyl (C=O) groups excluding carboxylic acids is 1. The van der Waals surface area contributed by atoms with Crippen molar-refractivity contribution in [3.8, 4) is 11.5 Å². The summed E-state index contributed by atoms with van der Waals surface area (Å²) in [6.45, 7) is 0. The second-order valence-electron chi connectivity index (χ2n) is 6.41. The van der Waals surface area contributed by atoms with Crippen LogP contribution in [0.5, 0.6) is 11.5 Å². The molecule has 0 aliphatic rings. The van der Waals surface area contributed by atoms with Crippen molar-refractivity contribution in [1.29, 1.82) is 0 Å². The minimum Gasteiger partial charge on any atom is -0.507 e. The lowest BCUT2D eigenvalue weighted by atomic mass is 10.1. The van der Waals surface area contributed by atoms with Gasteiger partial charge in [0.25, 0.3) is 0 Å². The Morgan fingerprint density at radius 3 is 1.56 bits per heavy atom. The van der Waals surface area contributed by atoms with E-state index >= 15 is 0 Å². The minimum absolute atomic E-state index is 0.0970. The van der Waals surface area contributed by atoms with Crippen LogP contribution in [0.3, 0.4) is 0 Å². The van der Waals surface area contributed by atoms with Gasteiger partial charge in [0, 0.05) is 22.9 Å². The normalized spacial score (nSPS) is 11.5. The molecule has 0 saturated carbocycles. The first kappa shape index (κ1) is 20.3. The van der Waals surface area contributed by atoms with Gasteiger partial charge in [-0.1, -0.05) is 0 Å². The quantitative estimate of drug-likeness (QED) is 0.216. The maximum Gasteiger partial charge on any atom is 0.355 e. The molecule has 11 heteroatoms. The van der Waals surface area contributed by atoms with E-state index in [0.29, 0.717) is 10.8 Å². The van der Waals surface area contributed by atoms with Crippen molar-refractivity contribution in [3.05, 3.63) is 80.5 Å². The number of phenolic OH excluding ortho intramolecular Hbond substituents is 2. The van der Waals surface area contributed by atoms with Crippen LogP contribution in [0.2, 0.25) is 0 Å². The molecule has 0 aliphatic heterocycles. The highest BCUT2D eigenvalue weighted by atomic mass is 16.4. The molecular formula is C21H14N4O7. The zero-order valence-corrected chi connectivity index (χ0v) is 16.1. The summed E-state index contributed by atoms with van der Waals surface area (Å²) < 4.78 is 10.2. The van der Waals surface area contributed by atoms with E-state index in [4.69, 9.17) is 8.83 Å². The molecule has 0 aliphatic carbocycles. The molecule has 2 aromatic heterocycles. The van der Waals surface area contributed by atoms with Crippen LogP contribution in [0.15, 0.2) is 77.2 Å². The lowest BCUT2D eigenvalue weighted by Crippen LogP contribution is -2.28. The number of amides is 2. The fourth-order valence-corrected chi connectivity index (χ4v) is 2.87. The van der Waals surface area contributed by atoms with Gasteiger partial charge < -0.3 is 19.0 Å². The number of rotatable bonds is 4. The lowest BCUT2D eigenvalue weighted by Gasteiger charge is -2.04. The predicted octanol–water partition coefficient (Wildman–Crippen LogP) is 1.98. The van der Waals surface area contributed by atoms with E-state index in [9.17, 15) is 24.6 Å². The second-order valence-corrected chi connectivity index (χ2v) is 6.41. The van der Waals surface area contributed by atoms with Gasteiger partial charge in [0.05, 0.1) is 23.6 Å². The van der Waals surface area contributed by atoms with E-state index in [2.05, 4.69) is 21.1 Å². The first-order valence-corrected chi connectivity index (χ1v) is 9.06. The van der Waals surface area contributed by atoms with Crippen LogP contribution < -0.4 is 22.1 Å². The number of hydrogen-bond donors (Lipinski definition) is 4. The van der Waals surface area contributed by atoms with Gasteiger partial charge in [-0.05, 0) is 36.4 Å². The summed E-state index contributed by atoms with van der Waals surface area (Å²) in [7, 11) is 0. The molecule has 11 nitrogen and oxygen atoms in total. The number of phenols is 2. The molecule has 4 N–H and O–H groups in total. The Morgan fingerprint density at radius 2 is 1.12 bits per heavy atom. The Morgan fingerprint density at radius 1 is 0.719 bits per heavy atom. The summed E-state index contributed by atoms with van der Waals surface area (Å²) in [5.41, 5.74) is 3.44. The van der Waals surface area contributed by atoms with Gasteiger partial charge in [-0.25, -0.2) is 25.2 Å². The maximum absolute atomic E-state index is 11.9. The summed E-state index contributed by atoms with van der Waals surface area (Å²) in [5.74, 6) is -0.410. The van der Waals surface area contributed by atoms with Crippen molar-refractivity contribution < 1.29 is 23.8 Å². The number of aromatic hydroxyl groups is 2. The SMILES string of the molecule is O=C(N/N=C/c1c(O)ccc2ccc(=O)oc12)N/N=C/c1c(O)ccc2ccc(=O)oc12. The first-order valence-electron chi connectivity index (χ1n) is 9.06. The molecule has 32 heavy (non-hydrogen) atoms. The number of hydrazone groups is 2. The summed E-state index contributed by atoms with van der Waals surface area (Å²) in [6, 6.07) is 10.6. The van der Waals surface area contributed by atoms with Crippen LogP contribution in [-0.4, -0.2) is 28.7 Å². The van der Waals surface area contributed by atoms with Crippen molar-refractivity contribution in [2.75, 3.05) is 0 Å². The second kappa shape index (κ2) is 8.44. The number of hydrogen-bond acceptors (Lipinski definition) is 9. The van der Waals surface area contributed by atoms with E-state index < -0.39 is 17.3 Å². The lowest BCUT2D eigenvalue weighted by molar-refractivity contribution is 0.242. The molecule has 2 amide bonds. The molecule has 0 atom stereocenters. The molecule has 0 unspecified atom stereocenters. The van der Waals surface area contributed by atoms with Crippen LogP contribution >= 0.6 is 0 Å². The van der Waals surface area contributed by atoms with Crippen molar-refractivity contribution in [3.63, 3.8) is 0 Å². The molecule has 2 heterocycles. The van der Waals surface area contributed by atoms with Gasteiger partial charge in [0.15, 0.2) is 11.2 Å². The molecule has 0 fully saturated rings. The molecule has 160 valence electrons. The fraction of sp³-hybridized carbons (Fsp3) is 0. The topological polar surface area (TPSA) is 167 Å². The summed E-state index contributed by atoms with van der Waals surface area (Å²) in [5, 5.41) is 28.5. The van der Waals surface area contributed by atoms with Crippen molar-refractivity contribution in [2.24, 2.45) is 10.2 Å². The van der Waals surface area contributed by atoms with Gasteiger partial charge in [-0.2, -0.15) is 10.2 Å². The van der Waals surface area contributed by atoms with Gasteiger partial charge >= 0.3 is 17.3 Å². The van der Waals surface area contributed by atoms with E-state index in [1.807, 2.05) is 0 Å². The van der Waals surface area contributed by atoms with Crippen LogP contribution in [0.4, 0.5) is 4.79 Å². The highest BCUT2D eigenvalue weighted by molar-refractivity contribution is 6.00. The van der Waals surface area contributed by atoms with Crippen LogP contribution in [-0.2, 0) is 0 Å². The van der Waals surface area contributed by atoms with Gasteiger partial charge in [0.1, 0.15) is 11.5 Å². The summed E-state index contributed by atoms with van der Waals surface area (Å²) in [4.78, 5) is 34.8. The highest BCUT2D eigenvalue weighted by Gasteiger charge is 2.09. The van der Waals surface area contributed by atoms with Crippen molar-refractivity contribution >= 4 is 40.4 Å². The molecule has 4 rings (SSSR count). The number of benzene rings is 2.